The molecule has 0 aliphatic carbocycles. The van der Waals surface area contributed by atoms with Crippen molar-refractivity contribution in [3.63, 3.8) is 0 Å². The van der Waals surface area contributed by atoms with E-state index in [1.54, 1.807) is 0 Å². The Kier molecular flexibility index (Phi) is 2.77. The highest BCUT2D eigenvalue weighted by Crippen LogP contribution is 2.36. The van der Waals surface area contributed by atoms with E-state index >= 15 is 0 Å². The van der Waals surface area contributed by atoms with Crippen molar-refractivity contribution >= 4 is 44.4 Å². The number of H-pyrrole nitrogens is 1. The number of hydrogen-bond donors (Lipinski definition) is 1. The number of fused-ring (bicyclic) bond motifs is 3. The van der Waals surface area contributed by atoms with Crippen LogP contribution in [0, 0.1) is 3.57 Å². The standard InChI is InChI=1S/C18H12IN/c19-15-11-10-14-13-8-4-5-9-16(13)20-18(14)17(15)12-6-2-1-3-7-12/h1-11,20H. The average molecular weight is 369 g/mol. The summed E-state index contributed by atoms with van der Waals surface area (Å²) >= 11 is 2.42. The van der Waals surface area contributed by atoms with Gasteiger partial charge in [-0.1, -0.05) is 54.6 Å². The van der Waals surface area contributed by atoms with Gasteiger partial charge in [-0.15, -0.1) is 0 Å². The van der Waals surface area contributed by atoms with E-state index in [0.29, 0.717) is 0 Å². The van der Waals surface area contributed by atoms with Gasteiger partial charge in [0.15, 0.2) is 0 Å². The van der Waals surface area contributed by atoms with Crippen LogP contribution in [0.3, 0.4) is 0 Å². The molecule has 0 bridgehead atoms. The summed E-state index contributed by atoms with van der Waals surface area (Å²) < 4.78 is 1.27. The van der Waals surface area contributed by atoms with Crippen molar-refractivity contribution in [1.29, 1.82) is 0 Å². The summed E-state index contributed by atoms with van der Waals surface area (Å²) in [5.41, 5.74) is 4.97. The minimum atomic E-state index is 1.20. The summed E-state index contributed by atoms with van der Waals surface area (Å²) in [6, 6.07) is 23.5. The highest BCUT2D eigenvalue weighted by Gasteiger charge is 2.12. The first-order chi connectivity index (χ1) is 9.84. The fraction of sp³-hybridized carbons (Fsp3) is 0. The van der Waals surface area contributed by atoms with Crippen molar-refractivity contribution in [2.24, 2.45) is 0 Å². The van der Waals surface area contributed by atoms with E-state index in [1.165, 1.54) is 36.5 Å². The minimum Gasteiger partial charge on any atom is -0.354 e. The fourth-order valence-electron chi connectivity index (χ4n) is 2.78. The van der Waals surface area contributed by atoms with Crippen LogP contribution >= 0.6 is 22.6 Å². The number of aromatic amines is 1. The van der Waals surface area contributed by atoms with Crippen molar-refractivity contribution in [1.82, 2.24) is 4.98 Å². The number of aromatic nitrogens is 1. The summed E-state index contributed by atoms with van der Waals surface area (Å²) in [5.74, 6) is 0. The fourth-order valence-corrected chi connectivity index (χ4v) is 3.54. The Hall–Kier alpha value is -1.81. The van der Waals surface area contributed by atoms with Gasteiger partial charge in [0.05, 0.1) is 5.52 Å². The zero-order valence-corrected chi connectivity index (χ0v) is 12.9. The predicted molar refractivity (Wildman–Crippen MR) is 94.0 cm³/mol. The Labute approximate surface area is 130 Å². The lowest BCUT2D eigenvalue weighted by atomic mass is 10.0. The summed E-state index contributed by atoms with van der Waals surface area (Å²) in [7, 11) is 0. The van der Waals surface area contributed by atoms with Crippen molar-refractivity contribution in [2.75, 3.05) is 0 Å². The van der Waals surface area contributed by atoms with E-state index in [-0.39, 0.29) is 0 Å². The van der Waals surface area contributed by atoms with E-state index < -0.39 is 0 Å². The maximum atomic E-state index is 3.58. The Balaban J connectivity index is 2.17. The van der Waals surface area contributed by atoms with E-state index in [1.807, 2.05) is 0 Å². The van der Waals surface area contributed by atoms with Crippen molar-refractivity contribution in [3.8, 4) is 11.1 Å². The third kappa shape index (κ3) is 1.75. The predicted octanol–water partition coefficient (Wildman–Crippen LogP) is 5.59. The molecule has 0 amide bonds. The zero-order chi connectivity index (χ0) is 13.5. The topological polar surface area (TPSA) is 15.8 Å². The number of rotatable bonds is 1. The lowest BCUT2D eigenvalue weighted by Crippen LogP contribution is -1.84. The molecule has 0 spiro atoms. The summed E-state index contributed by atoms with van der Waals surface area (Å²) in [4.78, 5) is 3.58. The Morgan fingerprint density at radius 3 is 2.30 bits per heavy atom. The molecule has 0 atom stereocenters. The SMILES string of the molecule is Ic1ccc2c([nH]c3ccccc32)c1-c1ccccc1. The van der Waals surface area contributed by atoms with Crippen LogP contribution in [0.1, 0.15) is 0 Å². The van der Waals surface area contributed by atoms with Gasteiger partial charge in [0.25, 0.3) is 0 Å². The molecule has 1 heterocycles. The van der Waals surface area contributed by atoms with Crippen LogP contribution in [0.15, 0.2) is 66.7 Å². The highest BCUT2D eigenvalue weighted by atomic mass is 127. The molecule has 4 rings (SSSR count). The number of para-hydroxylation sites is 1. The first-order valence-corrected chi connectivity index (χ1v) is 7.67. The quantitative estimate of drug-likeness (QED) is 0.421. The van der Waals surface area contributed by atoms with Crippen LogP contribution in [0.25, 0.3) is 32.9 Å². The van der Waals surface area contributed by atoms with Crippen molar-refractivity contribution in [3.05, 3.63) is 70.3 Å². The molecule has 0 radical (unpaired) electrons. The average Bonchev–Trinajstić information content (AvgIpc) is 2.86. The van der Waals surface area contributed by atoms with E-state index in [4.69, 9.17) is 0 Å². The van der Waals surface area contributed by atoms with Gasteiger partial charge >= 0.3 is 0 Å². The molecular weight excluding hydrogens is 357 g/mol. The second-order valence-electron chi connectivity index (χ2n) is 4.88. The monoisotopic (exact) mass is 369 g/mol. The van der Waals surface area contributed by atoms with Gasteiger partial charge < -0.3 is 4.98 Å². The third-order valence-electron chi connectivity index (χ3n) is 3.69. The number of benzene rings is 3. The van der Waals surface area contributed by atoms with Crippen LogP contribution in [0.5, 0.6) is 0 Å². The van der Waals surface area contributed by atoms with E-state index in [2.05, 4.69) is 94.3 Å². The molecule has 1 aromatic heterocycles. The van der Waals surface area contributed by atoms with Crippen LogP contribution in [-0.2, 0) is 0 Å². The molecule has 1 N–H and O–H groups in total. The van der Waals surface area contributed by atoms with E-state index in [9.17, 15) is 0 Å². The molecule has 0 aliphatic rings. The van der Waals surface area contributed by atoms with Crippen LogP contribution in [-0.4, -0.2) is 4.98 Å². The van der Waals surface area contributed by atoms with Crippen molar-refractivity contribution < 1.29 is 0 Å². The molecule has 1 nitrogen and oxygen atoms in total. The van der Waals surface area contributed by atoms with Gasteiger partial charge in [-0.25, -0.2) is 0 Å². The normalized spacial score (nSPS) is 11.2. The van der Waals surface area contributed by atoms with Crippen molar-refractivity contribution in [2.45, 2.75) is 0 Å². The van der Waals surface area contributed by atoms with Gasteiger partial charge in [-0.05, 0) is 40.3 Å². The molecule has 20 heavy (non-hydrogen) atoms. The van der Waals surface area contributed by atoms with Gasteiger partial charge in [-0.3, -0.25) is 0 Å². The number of nitrogens with one attached hydrogen (secondary N) is 1. The summed E-state index contributed by atoms with van der Waals surface area (Å²) in [5, 5.41) is 2.58. The van der Waals surface area contributed by atoms with Gasteiger partial charge in [-0.2, -0.15) is 0 Å². The molecule has 2 heteroatoms. The van der Waals surface area contributed by atoms with Gasteiger partial charge in [0.2, 0.25) is 0 Å². The molecule has 0 saturated carbocycles. The maximum absolute atomic E-state index is 3.58. The van der Waals surface area contributed by atoms with Crippen LogP contribution in [0.4, 0.5) is 0 Å². The number of halogens is 1. The largest absolute Gasteiger partial charge is 0.354 e. The molecule has 0 saturated heterocycles. The minimum absolute atomic E-state index is 1.20. The maximum Gasteiger partial charge on any atom is 0.0555 e. The molecule has 0 aliphatic heterocycles. The van der Waals surface area contributed by atoms with Crippen LogP contribution < -0.4 is 0 Å². The molecule has 0 fully saturated rings. The van der Waals surface area contributed by atoms with Crippen LogP contribution in [0.2, 0.25) is 0 Å². The first-order valence-electron chi connectivity index (χ1n) is 6.59. The summed E-state index contributed by atoms with van der Waals surface area (Å²) in [6.45, 7) is 0. The molecule has 3 aromatic carbocycles. The second kappa shape index (κ2) is 4.63. The zero-order valence-electron chi connectivity index (χ0n) is 10.7. The Morgan fingerprint density at radius 2 is 1.45 bits per heavy atom. The smallest absolute Gasteiger partial charge is 0.0555 e. The van der Waals surface area contributed by atoms with E-state index in [0.717, 1.165) is 0 Å². The lowest BCUT2D eigenvalue weighted by Gasteiger charge is -2.06. The highest BCUT2D eigenvalue weighted by molar-refractivity contribution is 14.1. The van der Waals surface area contributed by atoms with Gasteiger partial charge in [0.1, 0.15) is 0 Å². The Morgan fingerprint density at radius 1 is 0.700 bits per heavy atom. The molecular formula is C18H12IN. The number of hydrogen-bond acceptors (Lipinski definition) is 0. The lowest BCUT2D eigenvalue weighted by molar-refractivity contribution is 1.52. The molecule has 4 aromatic rings. The first kappa shape index (κ1) is 12.0. The molecule has 0 unspecified atom stereocenters. The Bertz CT molecular complexity index is 907. The summed E-state index contributed by atoms with van der Waals surface area (Å²) in [6.07, 6.45) is 0. The third-order valence-corrected chi connectivity index (χ3v) is 4.59. The second-order valence-corrected chi connectivity index (χ2v) is 6.04. The van der Waals surface area contributed by atoms with Gasteiger partial charge in [0, 0.05) is 25.4 Å². The molecule has 96 valence electrons.